The Balaban J connectivity index is 3.02. The molecule has 1 aromatic carbocycles. The summed E-state index contributed by atoms with van der Waals surface area (Å²) in [7, 11) is 0. The normalized spacial score (nSPS) is 15.1. The number of benzene rings is 1. The lowest BCUT2D eigenvalue weighted by Crippen LogP contribution is -2.56. The first-order valence-electron chi connectivity index (χ1n) is 10.5. The lowest BCUT2D eigenvalue weighted by atomic mass is 10.0. The molecule has 0 saturated carbocycles. The number of aliphatic hydroxyl groups excluding tert-OH is 1. The average molecular weight is 472 g/mol. The van der Waals surface area contributed by atoms with Gasteiger partial charge < -0.3 is 31.3 Å². The largest absolute Gasteiger partial charge is 0.491 e. The number of halogens is 1. The summed E-state index contributed by atoms with van der Waals surface area (Å²) >= 11 is 6.06. The third-order valence-electron chi connectivity index (χ3n) is 4.70. The van der Waals surface area contributed by atoms with Crippen LogP contribution in [0.1, 0.15) is 51.4 Å². The van der Waals surface area contributed by atoms with E-state index < -0.39 is 36.0 Å². The standard InChI is InChI=1S/C22H34ClN3O6/c1-11(2)8-15(24)10-32-17-9-14(23)6-7-16(17)20(28)25-18(12(3)4)21(29)26-19(13(5)27)22(30)31/h6-7,9,11-13,15,18-19,27H,8,10,24H2,1-5H3,(H,25,28)(H,26,29)(H,30,31)/t13-,15-,18+,19+/m1/s1. The highest BCUT2D eigenvalue weighted by Gasteiger charge is 2.31. The molecule has 0 aliphatic heterocycles. The number of carbonyl (C=O) groups is 3. The maximum absolute atomic E-state index is 13.0. The number of rotatable bonds is 12. The number of amides is 2. The molecule has 0 aliphatic rings. The molecule has 0 saturated heterocycles. The summed E-state index contributed by atoms with van der Waals surface area (Å²) in [6.07, 6.45) is -0.572. The molecule has 0 spiro atoms. The lowest BCUT2D eigenvalue weighted by molar-refractivity contribution is -0.145. The minimum atomic E-state index is -1.50. The Labute approximate surface area is 193 Å². The van der Waals surface area contributed by atoms with Crippen molar-refractivity contribution in [3.8, 4) is 5.75 Å². The van der Waals surface area contributed by atoms with Crippen LogP contribution in [-0.2, 0) is 9.59 Å². The Kier molecular flexibility index (Phi) is 10.9. The van der Waals surface area contributed by atoms with E-state index >= 15 is 0 Å². The third-order valence-corrected chi connectivity index (χ3v) is 4.93. The zero-order valence-electron chi connectivity index (χ0n) is 19.1. The molecule has 1 rings (SSSR count). The molecule has 180 valence electrons. The highest BCUT2D eigenvalue weighted by molar-refractivity contribution is 6.30. The van der Waals surface area contributed by atoms with E-state index in [1.165, 1.54) is 25.1 Å². The van der Waals surface area contributed by atoms with E-state index in [1.807, 2.05) is 13.8 Å². The van der Waals surface area contributed by atoms with Crippen molar-refractivity contribution in [3.05, 3.63) is 28.8 Å². The van der Waals surface area contributed by atoms with Crippen LogP contribution < -0.4 is 21.1 Å². The maximum atomic E-state index is 13.0. The van der Waals surface area contributed by atoms with Crippen molar-refractivity contribution in [1.29, 1.82) is 0 Å². The van der Waals surface area contributed by atoms with Crippen LogP contribution in [0.25, 0.3) is 0 Å². The van der Waals surface area contributed by atoms with Crippen LogP contribution >= 0.6 is 11.6 Å². The Hall–Kier alpha value is -2.36. The second kappa shape index (κ2) is 12.6. The van der Waals surface area contributed by atoms with Crippen molar-refractivity contribution in [2.45, 2.75) is 65.3 Å². The zero-order valence-corrected chi connectivity index (χ0v) is 19.8. The van der Waals surface area contributed by atoms with Crippen LogP contribution in [0.3, 0.4) is 0 Å². The predicted molar refractivity (Wildman–Crippen MR) is 122 cm³/mol. The van der Waals surface area contributed by atoms with Crippen LogP contribution in [0.15, 0.2) is 18.2 Å². The average Bonchev–Trinajstić information content (AvgIpc) is 2.67. The van der Waals surface area contributed by atoms with Crippen LogP contribution in [0.4, 0.5) is 0 Å². The number of aliphatic carboxylic acids is 1. The fourth-order valence-electron chi connectivity index (χ4n) is 3.06. The maximum Gasteiger partial charge on any atom is 0.328 e. The summed E-state index contributed by atoms with van der Waals surface area (Å²) in [5.74, 6) is -2.45. The van der Waals surface area contributed by atoms with Crippen LogP contribution in [0, 0.1) is 11.8 Å². The molecule has 0 bridgehead atoms. The Bertz CT molecular complexity index is 800. The molecule has 0 aliphatic carbocycles. The van der Waals surface area contributed by atoms with Crippen molar-refractivity contribution in [2.75, 3.05) is 6.61 Å². The summed E-state index contributed by atoms with van der Waals surface area (Å²) in [6.45, 7) is 8.92. The number of ether oxygens (including phenoxy) is 1. The monoisotopic (exact) mass is 471 g/mol. The smallest absolute Gasteiger partial charge is 0.328 e. The van der Waals surface area contributed by atoms with Gasteiger partial charge in [-0.3, -0.25) is 9.59 Å². The van der Waals surface area contributed by atoms with E-state index in [0.717, 1.165) is 6.42 Å². The first-order chi connectivity index (χ1) is 14.8. The van der Waals surface area contributed by atoms with Gasteiger partial charge in [0.1, 0.15) is 18.4 Å². The molecule has 0 radical (unpaired) electrons. The van der Waals surface area contributed by atoms with Gasteiger partial charge in [-0.25, -0.2) is 4.79 Å². The van der Waals surface area contributed by atoms with Gasteiger partial charge in [0, 0.05) is 11.1 Å². The summed E-state index contributed by atoms with van der Waals surface area (Å²) in [5, 5.41) is 24.1. The van der Waals surface area contributed by atoms with Crippen LogP contribution in [0.5, 0.6) is 5.75 Å². The second-order valence-corrected chi connectivity index (χ2v) is 9.04. The first kappa shape index (κ1) is 27.7. The molecule has 2 amide bonds. The number of carboxylic acid groups (broad SMARTS) is 1. The highest BCUT2D eigenvalue weighted by Crippen LogP contribution is 2.24. The van der Waals surface area contributed by atoms with Gasteiger partial charge in [-0.05, 0) is 43.4 Å². The molecule has 32 heavy (non-hydrogen) atoms. The van der Waals surface area contributed by atoms with E-state index in [-0.39, 0.29) is 29.9 Å². The van der Waals surface area contributed by atoms with Gasteiger partial charge in [-0.1, -0.05) is 39.3 Å². The van der Waals surface area contributed by atoms with Gasteiger partial charge >= 0.3 is 5.97 Å². The molecule has 9 nitrogen and oxygen atoms in total. The van der Waals surface area contributed by atoms with Gasteiger partial charge in [0.15, 0.2) is 6.04 Å². The Morgan fingerprint density at radius 3 is 2.22 bits per heavy atom. The van der Waals surface area contributed by atoms with Gasteiger partial charge in [-0.2, -0.15) is 0 Å². The molecular formula is C22H34ClN3O6. The Morgan fingerprint density at radius 2 is 1.72 bits per heavy atom. The SMILES string of the molecule is CC(C)C[C@@H](N)COc1cc(Cl)ccc1C(=O)N[C@H](C(=O)N[C@H](C(=O)O)[C@@H](C)O)C(C)C. The molecule has 0 unspecified atom stereocenters. The first-order valence-corrected chi connectivity index (χ1v) is 10.9. The molecule has 0 heterocycles. The Morgan fingerprint density at radius 1 is 1.09 bits per heavy atom. The highest BCUT2D eigenvalue weighted by atomic mass is 35.5. The fraction of sp³-hybridized carbons (Fsp3) is 0.591. The lowest BCUT2D eigenvalue weighted by Gasteiger charge is -2.25. The molecule has 0 aromatic heterocycles. The molecule has 4 atom stereocenters. The van der Waals surface area contributed by atoms with Crippen LogP contribution in [0.2, 0.25) is 5.02 Å². The van der Waals surface area contributed by atoms with Gasteiger partial charge in [-0.15, -0.1) is 0 Å². The van der Waals surface area contributed by atoms with E-state index in [2.05, 4.69) is 10.6 Å². The number of nitrogens with one attached hydrogen (secondary N) is 2. The minimum absolute atomic E-state index is 0.162. The molecule has 0 fully saturated rings. The summed E-state index contributed by atoms with van der Waals surface area (Å²) in [4.78, 5) is 36.9. The number of hydrogen-bond donors (Lipinski definition) is 5. The van der Waals surface area contributed by atoms with Crippen molar-refractivity contribution < 1.29 is 29.3 Å². The van der Waals surface area contributed by atoms with Crippen molar-refractivity contribution in [3.63, 3.8) is 0 Å². The van der Waals surface area contributed by atoms with E-state index in [4.69, 9.17) is 22.1 Å². The summed E-state index contributed by atoms with van der Waals surface area (Å²) in [5.41, 5.74) is 6.22. The number of aliphatic hydroxyl groups is 1. The minimum Gasteiger partial charge on any atom is -0.491 e. The van der Waals surface area contributed by atoms with Crippen molar-refractivity contribution >= 4 is 29.4 Å². The fourth-order valence-corrected chi connectivity index (χ4v) is 3.22. The van der Waals surface area contributed by atoms with Crippen molar-refractivity contribution in [1.82, 2.24) is 10.6 Å². The van der Waals surface area contributed by atoms with Crippen molar-refractivity contribution in [2.24, 2.45) is 17.6 Å². The van der Waals surface area contributed by atoms with E-state index in [0.29, 0.717) is 10.9 Å². The number of hydrogen-bond acceptors (Lipinski definition) is 6. The molecule has 10 heteroatoms. The molecule has 1 aromatic rings. The van der Waals surface area contributed by atoms with Crippen LogP contribution in [-0.4, -0.2) is 58.8 Å². The summed E-state index contributed by atoms with van der Waals surface area (Å²) in [6, 6.07) is 1.72. The third kappa shape index (κ3) is 8.64. The zero-order chi connectivity index (χ0) is 24.6. The predicted octanol–water partition coefficient (Wildman–Crippen LogP) is 1.80. The second-order valence-electron chi connectivity index (χ2n) is 8.60. The van der Waals surface area contributed by atoms with Gasteiger partial charge in [0.05, 0.1) is 11.7 Å². The summed E-state index contributed by atoms with van der Waals surface area (Å²) < 4.78 is 5.75. The van der Waals surface area contributed by atoms with E-state index in [9.17, 15) is 24.6 Å². The quantitative estimate of drug-likeness (QED) is 0.311. The molecule has 6 N–H and O–H groups in total. The van der Waals surface area contributed by atoms with Gasteiger partial charge in [0.25, 0.3) is 5.91 Å². The van der Waals surface area contributed by atoms with Gasteiger partial charge in [0.2, 0.25) is 5.91 Å². The number of nitrogens with two attached hydrogens (primary N) is 1. The number of carboxylic acids is 1. The number of carbonyl (C=O) groups excluding carboxylic acids is 2. The van der Waals surface area contributed by atoms with E-state index in [1.54, 1.807) is 13.8 Å². The molecular weight excluding hydrogens is 438 g/mol. The topological polar surface area (TPSA) is 151 Å².